The van der Waals surface area contributed by atoms with Gasteiger partial charge in [-0.3, -0.25) is 4.79 Å². The minimum atomic E-state index is -0.728. The van der Waals surface area contributed by atoms with E-state index in [0.717, 1.165) is 16.5 Å². The number of carbonyl (C=O) groups is 1. The van der Waals surface area contributed by atoms with Crippen molar-refractivity contribution < 1.29 is 14.3 Å². The van der Waals surface area contributed by atoms with Crippen LogP contribution in [0.3, 0.4) is 0 Å². The van der Waals surface area contributed by atoms with E-state index in [2.05, 4.69) is 26.0 Å². The van der Waals surface area contributed by atoms with Gasteiger partial charge in [-0.25, -0.2) is 9.78 Å². The minimum Gasteiger partial charge on any atom is -0.479 e. The molecule has 3 rings (SSSR count). The van der Waals surface area contributed by atoms with Crippen LogP contribution < -0.4 is 10.3 Å². The molecule has 8 heteroatoms. The summed E-state index contributed by atoms with van der Waals surface area (Å²) in [6, 6.07) is 12.5. The van der Waals surface area contributed by atoms with E-state index in [1.54, 1.807) is 44.3 Å². The average molecular weight is 486 g/mol. The first-order valence-electron chi connectivity index (χ1n) is 10.1. The van der Waals surface area contributed by atoms with Crippen molar-refractivity contribution in [2.75, 3.05) is 6.61 Å². The molecule has 0 aliphatic carbocycles. The second kappa shape index (κ2) is 10.3. The SMILES string of the molecule is CCCc1nc2ccc(Br)cc2c(=O)n1N=Cc1cccc(O[C@H](C)C(=O)OCC)c1. The largest absolute Gasteiger partial charge is 0.479 e. The Balaban J connectivity index is 1.92. The number of aromatic nitrogens is 2. The summed E-state index contributed by atoms with van der Waals surface area (Å²) in [6.07, 6.45) is 2.31. The highest BCUT2D eigenvalue weighted by Crippen LogP contribution is 2.17. The number of fused-ring (bicyclic) bond motifs is 1. The Labute approximate surface area is 188 Å². The van der Waals surface area contributed by atoms with Crippen LogP contribution in [0.5, 0.6) is 5.75 Å². The maximum atomic E-state index is 13.1. The van der Waals surface area contributed by atoms with Gasteiger partial charge in [0, 0.05) is 10.9 Å². The summed E-state index contributed by atoms with van der Waals surface area (Å²) >= 11 is 3.40. The second-order valence-corrected chi connectivity index (χ2v) is 7.80. The van der Waals surface area contributed by atoms with E-state index in [4.69, 9.17) is 9.47 Å². The molecule has 162 valence electrons. The van der Waals surface area contributed by atoms with Crippen LogP contribution in [-0.2, 0) is 16.0 Å². The number of carbonyl (C=O) groups excluding carboxylic acids is 1. The fourth-order valence-corrected chi connectivity index (χ4v) is 3.36. The van der Waals surface area contributed by atoms with E-state index >= 15 is 0 Å². The maximum Gasteiger partial charge on any atom is 0.347 e. The molecule has 2 aromatic carbocycles. The van der Waals surface area contributed by atoms with E-state index in [1.165, 1.54) is 4.68 Å². The van der Waals surface area contributed by atoms with Crippen LogP contribution in [0.4, 0.5) is 0 Å². The molecule has 0 spiro atoms. The summed E-state index contributed by atoms with van der Waals surface area (Å²) in [5, 5.41) is 4.91. The highest BCUT2D eigenvalue weighted by atomic mass is 79.9. The molecule has 0 saturated heterocycles. The Morgan fingerprint density at radius 2 is 2.06 bits per heavy atom. The first-order chi connectivity index (χ1) is 14.9. The van der Waals surface area contributed by atoms with Crippen molar-refractivity contribution in [3.05, 3.63) is 68.7 Å². The molecule has 0 N–H and O–H groups in total. The second-order valence-electron chi connectivity index (χ2n) is 6.89. The highest BCUT2D eigenvalue weighted by molar-refractivity contribution is 9.10. The van der Waals surface area contributed by atoms with Gasteiger partial charge in [0.25, 0.3) is 5.56 Å². The lowest BCUT2D eigenvalue weighted by Gasteiger charge is -2.13. The molecule has 1 heterocycles. The number of esters is 1. The van der Waals surface area contributed by atoms with E-state index in [0.29, 0.717) is 35.5 Å². The van der Waals surface area contributed by atoms with Gasteiger partial charge >= 0.3 is 5.97 Å². The number of aryl methyl sites for hydroxylation is 1. The summed E-state index contributed by atoms with van der Waals surface area (Å²) < 4.78 is 12.8. The first-order valence-corrected chi connectivity index (χ1v) is 10.9. The zero-order valence-electron chi connectivity index (χ0n) is 17.7. The Hall–Kier alpha value is -3.00. The van der Waals surface area contributed by atoms with Gasteiger partial charge in [0.2, 0.25) is 0 Å². The van der Waals surface area contributed by atoms with Gasteiger partial charge in [-0.15, -0.1) is 0 Å². The maximum absolute atomic E-state index is 13.1. The molecule has 0 aliphatic rings. The molecule has 0 bridgehead atoms. The first kappa shape index (κ1) is 22.7. The van der Waals surface area contributed by atoms with E-state index < -0.39 is 12.1 Å². The van der Waals surface area contributed by atoms with Crippen LogP contribution in [0.1, 0.15) is 38.6 Å². The van der Waals surface area contributed by atoms with Gasteiger partial charge in [-0.1, -0.05) is 35.0 Å². The van der Waals surface area contributed by atoms with Crippen molar-refractivity contribution in [2.24, 2.45) is 5.10 Å². The monoisotopic (exact) mass is 485 g/mol. The highest BCUT2D eigenvalue weighted by Gasteiger charge is 2.15. The third-order valence-electron chi connectivity index (χ3n) is 4.46. The molecule has 1 atom stereocenters. The summed E-state index contributed by atoms with van der Waals surface area (Å²) in [5.41, 5.74) is 1.14. The van der Waals surface area contributed by atoms with Crippen LogP contribution in [0.2, 0.25) is 0 Å². The average Bonchev–Trinajstić information content (AvgIpc) is 2.75. The lowest BCUT2D eigenvalue weighted by atomic mass is 10.2. The van der Waals surface area contributed by atoms with E-state index in [-0.39, 0.29) is 5.56 Å². The van der Waals surface area contributed by atoms with Crippen molar-refractivity contribution >= 4 is 39.0 Å². The van der Waals surface area contributed by atoms with Gasteiger partial charge in [0.05, 0.1) is 23.7 Å². The topological polar surface area (TPSA) is 82.8 Å². The number of rotatable bonds is 8. The third kappa shape index (κ3) is 5.58. The summed E-state index contributed by atoms with van der Waals surface area (Å²) in [7, 11) is 0. The molecule has 3 aromatic rings. The van der Waals surface area contributed by atoms with Crippen molar-refractivity contribution in [1.82, 2.24) is 9.66 Å². The van der Waals surface area contributed by atoms with Crippen molar-refractivity contribution in [3.63, 3.8) is 0 Å². The molecule has 0 amide bonds. The zero-order chi connectivity index (χ0) is 22.4. The molecular weight excluding hydrogens is 462 g/mol. The number of benzene rings is 2. The molecule has 7 nitrogen and oxygen atoms in total. The number of nitrogens with zero attached hydrogens (tertiary/aromatic N) is 3. The third-order valence-corrected chi connectivity index (χ3v) is 4.95. The van der Waals surface area contributed by atoms with Crippen LogP contribution in [0, 0.1) is 0 Å². The molecule has 31 heavy (non-hydrogen) atoms. The summed E-state index contributed by atoms with van der Waals surface area (Å²) in [5.74, 6) is 0.679. The number of halogens is 1. The number of hydrogen-bond acceptors (Lipinski definition) is 6. The fourth-order valence-electron chi connectivity index (χ4n) is 3.00. The molecular formula is C23H24BrN3O4. The lowest BCUT2D eigenvalue weighted by Crippen LogP contribution is -2.26. The minimum absolute atomic E-state index is 0.227. The summed E-state index contributed by atoms with van der Waals surface area (Å²) in [6.45, 7) is 5.70. The quantitative estimate of drug-likeness (QED) is 0.350. The normalized spacial score (nSPS) is 12.3. The Bertz CT molecular complexity index is 1170. The lowest BCUT2D eigenvalue weighted by molar-refractivity contribution is -0.150. The van der Waals surface area contributed by atoms with Gasteiger partial charge in [-0.05, 0) is 56.2 Å². The van der Waals surface area contributed by atoms with Gasteiger partial charge < -0.3 is 9.47 Å². The standard InChI is InChI=1S/C23H24BrN3O4/c1-4-7-21-26-20-11-10-17(24)13-19(20)22(28)27(21)25-14-16-8-6-9-18(12-16)31-15(3)23(29)30-5-2/h6,8-15H,4-5,7H2,1-3H3/t15-/m1/s1. The molecule has 0 saturated carbocycles. The van der Waals surface area contributed by atoms with E-state index in [1.807, 2.05) is 25.1 Å². The number of hydrogen-bond donors (Lipinski definition) is 0. The smallest absolute Gasteiger partial charge is 0.347 e. The van der Waals surface area contributed by atoms with Gasteiger partial charge in [-0.2, -0.15) is 9.78 Å². The molecule has 1 aromatic heterocycles. The predicted molar refractivity (Wildman–Crippen MR) is 124 cm³/mol. The molecule has 0 aliphatic heterocycles. The zero-order valence-corrected chi connectivity index (χ0v) is 19.3. The van der Waals surface area contributed by atoms with Crippen molar-refractivity contribution in [3.8, 4) is 5.75 Å². The van der Waals surface area contributed by atoms with Crippen molar-refractivity contribution in [2.45, 2.75) is 39.7 Å². The predicted octanol–water partition coefficient (Wildman–Crippen LogP) is 4.32. The Morgan fingerprint density at radius 1 is 1.26 bits per heavy atom. The van der Waals surface area contributed by atoms with Gasteiger partial charge in [0.1, 0.15) is 11.6 Å². The van der Waals surface area contributed by atoms with Crippen LogP contribution in [-0.4, -0.2) is 34.6 Å². The van der Waals surface area contributed by atoms with Crippen molar-refractivity contribution in [1.29, 1.82) is 0 Å². The Kier molecular flexibility index (Phi) is 7.57. The fraction of sp³-hybridized carbons (Fsp3) is 0.304. The molecule has 0 unspecified atom stereocenters. The molecule has 0 radical (unpaired) electrons. The number of ether oxygens (including phenoxy) is 2. The molecule has 0 fully saturated rings. The van der Waals surface area contributed by atoms with Gasteiger partial charge in [0.15, 0.2) is 6.10 Å². The van der Waals surface area contributed by atoms with Crippen LogP contribution in [0.15, 0.2) is 56.8 Å². The summed E-state index contributed by atoms with van der Waals surface area (Å²) in [4.78, 5) is 29.5. The van der Waals surface area contributed by atoms with Crippen LogP contribution in [0.25, 0.3) is 10.9 Å². The van der Waals surface area contributed by atoms with Crippen LogP contribution >= 0.6 is 15.9 Å². The van der Waals surface area contributed by atoms with E-state index in [9.17, 15) is 9.59 Å². The Morgan fingerprint density at radius 3 is 2.81 bits per heavy atom.